The number of nitrogens with zero attached hydrogens (tertiary/aromatic N) is 3. The van der Waals surface area contributed by atoms with E-state index in [0.717, 1.165) is 37.5 Å². The molecule has 188 valence electrons. The molecule has 0 aliphatic heterocycles. The van der Waals surface area contributed by atoms with Crippen molar-refractivity contribution < 1.29 is 14.3 Å². The Balaban J connectivity index is 0.00000544. The van der Waals surface area contributed by atoms with Gasteiger partial charge >= 0.3 is 6.09 Å². The Bertz CT molecular complexity index is 721. The number of hydrogen-bond donors (Lipinski definition) is 2. The van der Waals surface area contributed by atoms with Crippen molar-refractivity contribution in [3.63, 3.8) is 0 Å². The molecule has 8 nitrogen and oxygen atoms in total. The summed E-state index contributed by atoms with van der Waals surface area (Å²) in [5.41, 5.74) is 0.769. The predicted octanol–water partition coefficient (Wildman–Crippen LogP) is 4.20. The molecule has 0 aromatic carbocycles. The monoisotopic (exact) mass is 575 g/mol. The number of carbonyl (C=O) groups excluding carboxylic acids is 1. The Morgan fingerprint density at radius 3 is 2.61 bits per heavy atom. The van der Waals surface area contributed by atoms with Gasteiger partial charge in [-0.3, -0.25) is 9.98 Å². The summed E-state index contributed by atoms with van der Waals surface area (Å²) in [6, 6.07) is 3.84. The second-order valence-corrected chi connectivity index (χ2v) is 9.57. The first-order valence-electron chi connectivity index (χ1n) is 11.6. The number of methoxy groups -OCH3 is 1. The molecule has 1 heterocycles. The smallest absolute Gasteiger partial charge is 0.410 e. The van der Waals surface area contributed by atoms with Crippen molar-refractivity contribution in [1.29, 1.82) is 0 Å². The van der Waals surface area contributed by atoms with Crippen LogP contribution in [0.3, 0.4) is 0 Å². The molecule has 1 aromatic rings. The molecule has 33 heavy (non-hydrogen) atoms. The van der Waals surface area contributed by atoms with E-state index in [4.69, 9.17) is 9.47 Å². The lowest BCUT2D eigenvalue weighted by Crippen LogP contribution is -2.47. The number of rotatable bonds is 11. The second-order valence-electron chi connectivity index (χ2n) is 9.57. The zero-order valence-electron chi connectivity index (χ0n) is 20.9. The zero-order chi connectivity index (χ0) is 23.5. The van der Waals surface area contributed by atoms with Crippen LogP contribution >= 0.6 is 24.0 Å². The summed E-state index contributed by atoms with van der Waals surface area (Å²) in [6.45, 7) is 9.09. The third kappa shape index (κ3) is 10.9. The van der Waals surface area contributed by atoms with Gasteiger partial charge in [0.1, 0.15) is 5.60 Å². The Kier molecular flexibility index (Phi) is 13.0. The van der Waals surface area contributed by atoms with Crippen molar-refractivity contribution in [1.82, 2.24) is 20.5 Å². The standard InChI is InChI=1S/C24H41N5O3.HI/c1-23(2,3)32-22(30)29(18-20-9-6-13-26-17-20)15-8-14-27-21(25-4)28-19-24(10-7-11-24)12-16-31-5;/h6,9,13,17H,7-8,10-12,14-16,18-19H2,1-5H3,(H2,25,27,28);1H. The van der Waals surface area contributed by atoms with E-state index in [2.05, 4.69) is 20.6 Å². The van der Waals surface area contributed by atoms with Crippen molar-refractivity contribution >= 4 is 36.0 Å². The topological polar surface area (TPSA) is 88.1 Å². The summed E-state index contributed by atoms with van der Waals surface area (Å²) in [6.07, 6.45) is 8.80. The molecule has 0 unspecified atom stereocenters. The molecule has 0 atom stereocenters. The van der Waals surface area contributed by atoms with Gasteiger partial charge in [0.05, 0.1) is 6.54 Å². The molecule has 0 radical (unpaired) electrons. The fourth-order valence-corrected chi connectivity index (χ4v) is 3.75. The van der Waals surface area contributed by atoms with Gasteiger partial charge in [0, 0.05) is 52.8 Å². The van der Waals surface area contributed by atoms with Gasteiger partial charge in [-0.25, -0.2) is 4.79 Å². The maximum Gasteiger partial charge on any atom is 0.410 e. The predicted molar refractivity (Wildman–Crippen MR) is 143 cm³/mol. The first-order chi connectivity index (χ1) is 15.3. The van der Waals surface area contributed by atoms with Crippen LogP contribution in [-0.4, -0.2) is 67.9 Å². The molecule has 0 saturated heterocycles. The molecule has 2 rings (SSSR count). The van der Waals surface area contributed by atoms with Crippen LogP contribution in [-0.2, 0) is 16.0 Å². The fourth-order valence-electron chi connectivity index (χ4n) is 3.75. The van der Waals surface area contributed by atoms with Crippen molar-refractivity contribution in [3.05, 3.63) is 30.1 Å². The molecule has 1 aliphatic rings. The highest BCUT2D eigenvalue weighted by atomic mass is 127. The number of amides is 1. The lowest BCUT2D eigenvalue weighted by Gasteiger charge is -2.42. The SMILES string of the molecule is CN=C(NCCCN(Cc1cccnc1)C(=O)OC(C)(C)C)NCC1(CCOC)CCC1.I. The summed E-state index contributed by atoms with van der Waals surface area (Å²) < 4.78 is 10.9. The number of carbonyl (C=O) groups is 1. The van der Waals surface area contributed by atoms with E-state index in [1.807, 2.05) is 32.9 Å². The Labute approximate surface area is 216 Å². The third-order valence-corrected chi connectivity index (χ3v) is 5.75. The minimum atomic E-state index is -0.533. The van der Waals surface area contributed by atoms with Crippen LogP contribution in [0.15, 0.2) is 29.5 Å². The van der Waals surface area contributed by atoms with Crippen molar-refractivity contribution in [2.24, 2.45) is 10.4 Å². The minimum Gasteiger partial charge on any atom is -0.444 e. The van der Waals surface area contributed by atoms with Gasteiger partial charge in [-0.1, -0.05) is 12.5 Å². The molecule has 1 saturated carbocycles. The number of ether oxygens (including phenoxy) is 2. The number of hydrogen-bond acceptors (Lipinski definition) is 5. The van der Waals surface area contributed by atoms with Gasteiger partial charge < -0.3 is 25.0 Å². The number of pyridine rings is 1. The molecule has 1 fully saturated rings. The first kappa shape index (κ1) is 29.4. The molecule has 2 N–H and O–H groups in total. The van der Waals surface area contributed by atoms with Crippen LogP contribution in [0.4, 0.5) is 4.79 Å². The summed E-state index contributed by atoms with van der Waals surface area (Å²) in [7, 11) is 3.54. The van der Waals surface area contributed by atoms with Crippen LogP contribution < -0.4 is 10.6 Å². The van der Waals surface area contributed by atoms with E-state index in [-0.39, 0.29) is 30.1 Å². The maximum atomic E-state index is 12.7. The fraction of sp³-hybridized carbons (Fsp3) is 0.708. The molecule has 0 bridgehead atoms. The summed E-state index contributed by atoms with van der Waals surface area (Å²) in [4.78, 5) is 22.9. The molecule has 1 amide bonds. The molecular formula is C24H42IN5O3. The van der Waals surface area contributed by atoms with Gasteiger partial charge in [-0.05, 0) is 63.5 Å². The molecular weight excluding hydrogens is 533 g/mol. The van der Waals surface area contributed by atoms with Gasteiger partial charge in [0.25, 0.3) is 0 Å². The number of aliphatic imine (C=N–C) groups is 1. The molecule has 9 heteroatoms. The van der Waals surface area contributed by atoms with Crippen LogP contribution in [0.2, 0.25) is 0 Å². The van der Waals surface area contributed by atoms with Gasteiger partial charge in [-0.15, -0.1) is 24.0 Å². The van der Waals surface area contributed by atoms with E-state index in [0.29, 0.717) is 25.0 Å². The first-order valence-corrected chi connectivity index (χ1v) is 11.6. The molecule has 1 aliphatic carbocycles. The van der Waals surface area contributed by atoms with Crippen molar-refractivity contribution in [3.8, 4) is 0 Å². The number of halogens is 1. The third-order valence-electron chi connectivity index (χ3n) is 5.75. The average molecular weight is 576 g/mol. The summed E-state index contributed by atoms with van der Waals surface area (Å²) in [5, 5.41) is 6.84. The van der Waals surface area contributed by atoms with Crippen LogP contribution in [0, 0.1) is 5.41 Å². The number of aromatic nitrogens is 1. The second kappa shape index (κ2) is 14.6. The highest BCUT2D eigenvalue weighted by molar-refractivity contribution is 14.0. The van der Waals surface area contributed by atoms with Crippen molar-refractivity contribution in [2.75, 3.05) is 40.4 Å². The largest absolute Gasteiger partial charge is 0.444 e. The molecule has 0 spiro atoms. The normalized spacial score (nSPS) is 15.1. The summed E-state index contributed by atoms with van der Waals surface area (Å²) >= 11 is 0. The van der Waals surface area contributed by atoms with Gasteiger partial charge in [0.15, 0.2) is 5.96 Å². The average Bonchev–Trinajstić information content (AvgIpc) is 2.72. The van der Waals surface area contributed by atoms with Crippen LogP contribution in [0.25, 0.3) is 0 Å². The summed E-state index contributed by atoms with van der Waals surface area (Å²) in [5.74, 6) is 0.796. The van der Waals surface area contributed by atoms with E-state index in [1.165, 1.54) is 19.3 Å². The number of guanidine groups is 1. The van der Waals surface area contributed by atoms with E-state index in [9.17, 15) is 4.79 Å². The minimum absolute atomic E-state index is 0. The van der Waals surface area contributed by atoms with E-state index >= 15 is 0 Å². The highest BCUT2D eigenvalue weighted by Gasteiger charge is 2.36. The van der Waals surface area contributed by atoms with E-state index < -0.39 is 5.60 Å². The van der Waals surface area contributed by atoms with Gasteiger partial charge in [0.2, 0.25) is 0 Å². The zero-order valence-corrected chi connectivity index (χ0v) is 23.2. The van der Waals surface area contributed by atoms with Crippen LogP contribution in [0.5, 0.6) is 0 Å². The lowest BCUT2D eigenvalue weighted by molar-refractivity contribution is 0.0232. The number of nitrogens with one attached hydrogen (secondary N) is 2. The Morgan fingerprint density at radius 1 is 1.30 bits per heavy atom. The van der Waals surface area contributed by atoms with Crippen molar-refractivity contribution in [2.45, 2.75) is 65.0 Å². The lowest BCUT2D eigenvalue weighted by atomic mass is 9.67. The van der Waals surface area contributed by atoms with E-state index in [1.54, 1.807) is 31.5 Å². The maximum absolute atomic E-state index is 12.7. The van der Waals surface area contributed by atoms with Crippen LogP contribution in [0.1, 0.15) is 58.4 Å². The Morgan fingerprint density at radius 2 is 2.06 bits per heavy atom. The molecule has 1 aromatic heterocycles. The quantitative estimate of drug-likeness (QED) is 0.178. The Hall–Kier alpha value is -1.62. The highest BCUT2D eigenvalue weighted by Crippen LogP contribution is 2.43. The van der Waals surface area contributed by atoms with Gasteiger partial charge in [-0.2, -0.15) is 0 Å².